The molecule has 0 aliphatic heterocycles. The smallest absolute Gasteiger partial charge is 0.146 e. The summed E-state index contributed by atoms with van der Waals surface area (Å²) in [5.74, 6) is -0.653. The van der Waals surface area contributed by atoms with Gasteiger partial charge < -0.3 is 5.32 Å². The van der Waals surface area contributed by atoms with Gasteiger partial charge in [-0.15, -0.1) is 0 Å². The van der Waals surface area contributed by atoms with Crippen LogP contribution in [0.3, 0.4) is 0 Å². The third-order valence-electron chi connectivity index (χ3n) is 3.06. The Morgan fingerprint density at radius 3 is 2.80 bits per heavy atom. The molecule has 2 aromatic rings. The first-order valence-electron chi connectivity index (χ1n) is 6.38. The van der Waals surface area contributed by atoms with E-state index in [9.17, 15) is 8.78 Å². The fourth-order valence-corrected chi connectivity index (χ4v) is 2.54. The lowest BCUT2D eigenvalue weighted by atomic mass is 9.99. The van der Waals surface area contributed by atoms with Crippen LogP contribution in [0.15, 0.2) is 41.1 Å². The molecule has 0 aliphatic rings. The minimum Gasteiger partial charge on any atom is -0.310 e. The Morgan fingerprint density at radius 1 is 1.30 bits per heavy atom. The normalized spacial score (nSPS) is 12.4. The first kappa shape index (κ1) is 15.1. The Bertz CT molecular complexity index is 590. The molecule has 0 saturated heterocycles. The summed E-state index contributed by atoms with van der Waals surface area (Å²) >= 11 is 3.40. The van der Waals surface area contributed by atoms with E-state index < -0.39 is 0 Å². The number of nitrogens with one attached hydrogen (secondary N) is 1. The van der Waals surface area contributed by atoms with Crippen LogP contribution < -0.4 is 5.32 Å². The molecule has 0 aliphatic carbocycles. The lowest BCUT2D eigenvalue weighted by Gasteiger charge is -2.19. The van der Waals surface area contributed by atoms with Gasteiger partial charge >= 0.3 is 0 Å². The predicted molar refractivity (Wildman–Crippen MR) is 78.4 cm³/mol. The molecule has 1 aromatic heterocycles. The summed E-state index contributed by atoms with van der Waals surface area (Å²) in [4.78, 5) is 3.75. The van der Waals surface area contributed by atoms with E-state index in [2.05, 4.69) is 26.2 Å². The third kappa shape index (κ3) is 3.61. The Labute approximate surface area is 125 Å². The van der Waals surface area contributed by atoms with Gasteiger partial charge in [-0.05, 0) is 42.8 Å². The second kappa shape index (κ2) is 6.90. The lowest BCUT2D eigenvalue weighted by Crippen LogP contribution is -2.24. The highest BCUT2D eigenvalue weighted by atomic mass is 79.9. The van der Waals surface area contributed by atoms with Gasteiger partial charge in [0, 0.05) is 22.3 Å². The van der Waals surface area contributed by atoms with Crippen molar-refractivity contribution in [3.05, 3.63) is 63.9 Å². The monoisotopic (exact) mass is 340 g/mol. The van der Waals surface area contributed by atoms with Crippen molar-refractivity contribution in [2.45, 2.75) is 19.4 Å². The molecular formula is C15H15BrF2N2. The number of likely N-dealkylation sites (N-methyl/N-ethyl adjacent to an activating group) is 1. The quantitative estimate of drug-likeness (QED) is 0.889. The number of aromatic nitrogens is 1. The van der Waals surface area contributed by atoms with Crippen LogP contribution >= 0.6 is 15.9 Å². The van der Waals surface area contributed by atoms with E-state index >= 15 is 0 Å². The number of hydrogen-bond acceptors (Lipinski definition) is 2. The largest absolute Gasteiger partial charge is 0.310 e. The van der Waals surface area contributed by atoms with Gasteiger partial charge in [0.05, 0.1) is 6.20 Å². The zero-order valence-electron chi connectivity index (χ0n) is 11.0. The van der Waals surface area contributed by atoms with E-state index in [4.69, 9.17) is 0 Å². The number of halogens is 3. The average molecular weight is 341 g/mol. The van der Waals surface area contributed by atoms with E-state index in [1.807, 2.05) is 6.92 Å². The van der Waals surface area contributed by atoms with Crippen LogP contribution in [-0.2, 0) is 6.42 Å². The van der Waals surface area contributed by atoms with Crippen LogP contribution in [0.2, 0.25) is 0 Å². The lowest BCUT2D eigenvalue weighted by molar-refractivity contribution is 0.505. The fourth-order valence-electron chi connectivity index (χ4n) is 2.13. The molecule has 106 valence electrons. The van der Waals surface area contributed by atoms with Crippen LogP contribution in [0.5, 0.6) is 0 Å². The van der Waals surface area contributed by atoms with E-state index in [0.717, 1.165) is 10.0 Å². The van der Waals surface area contributed by atoms with Crippen molar-refractivity contribution < 1.29 is 8.78 Å². The highest BCUT2D eigenvalue weighted by Gasteiger charge is 2.17. The summed E-state index contributed by atoms with van der Waals surface area (Å²) in [6.07, 6.45) is 3.25. The van der Waals surface area contributed by atoms with E-state index in [1.54, 1.807) is 18.3 Å². The number of pyridine rings is 1. The summed E-state index contributed by atoms with van der Waals surface area (Å²) in [7, 11) is 0. The Morgan fingerprint density at radius 2 is 2.10 bits per heavy atom. The topological polar surface area (TPSA) is 24.9 Å². The summed E-state index contributed by atoms with van der Waals surface area (Å²) in [5.41, 5.74) is 1.34. The molecule has 2 nitrogen and oxygen atoms in total. The summed E-state index contributed by atoms with van der Waals surface area (Å²) in [5, 5.41) is 3.22. The van der Waals surface area contributed by atoms with Crippen LogP contribution in [0, 0.1) is 11.6 Å². The maximum atomic E-state index is 13.9. The van der Waals surface area contributed by atoms with Crippen molar-refractivity contribution in [3.8, 4) is 0 Å². The molecule has 0 amide bonds. The average Bonchev–Trinajstić information content (AvgIpc) is 2.43. The maximum absolute atomic E-state index is 13.9. The highest BCUT2D eigenvalue weighted by Crippen LogP contribution is 2.25. The standard InChI is InChI=1S/C15H15BrF2N2/c1-2-20-15(12-5-6-19-9-14(12)18)8-10-7-11(17)3-4-13(10)16/h3-7,9,15,20H,2,8H2,1H3. The molecule has 5 heteroatoms. The molecule has 0 saturated carbocycles. The van der Waals surface area contributed by atoms with Gasteiger partial charge in [0.1, 0.15) is 11.6 Å². The molecular weight excluding hydrogens is 326 g/mol. The second-order valence-electron chi connectivity index (χ2n) is 4.45. The molecule has 2 rings (SSSR count). The summed E-state index contributed by atoms with van der Waals surface area (Å²) < 4.78 is 28.0. The first-order valence-corrected chi connectivity index (χ1v) is 7.17. The molecule has 20 heavy (non-hydrogen) atoms. The SMILES string of the molecule is CCNC(Cc1cc(F)ccc1Br)c1ccncc1F. The van der Waals surface area contributed by atoms with Gasteiger partial charge in [-0.3, -0.25) is 4.98 Å². The summed E-state index contributed by atoms with van der Waals surface area (Å²) in [6.45, 7) is 2.64. The van der Waals surface area contributed by atoms with Gasteiger partial charge in [0.25, 0.3) is 0 Å². The molecule has 0 bridgehead atoms. The maximum Gasteiger partial charge on any atom is 0.146 e. The molecule has 1 heterocycles. The van der Waals surface area contributed by atoms with Crippen LogP contribution in [0.25, 0.3) is 0 Å². The zero-order valence-corrected chi connectivity index (χ0v) is 12.6. The molecule has 1 atom stereocenters. The molecule has 1 aromatic carbocycles. The van der Waals surface area contributed by atoms with Crippen molar-refractivity contribution >= 4 is 15.9 Å². The number of hydrogen-bond donors (Lipinski definition) is 1. The van der Waals surface area contributed by atoms with Gasteiger partial charge in [-0.25, -0.2) is 8.78 Å². The van der Waals surface area contributed by atoms with Gasteiger partial charge in [-0.1, -0.05) is 22.9 Å². The van der Waals surface area contributed by atoms with E-state index in [1.165, 1.54) is 18.3 Å². The fraction of sp³-hybridized carbons (Fsp3) is 0.267. The highest BCUT2D eigenvalue weighted by molar-refractivity contribution is 9.10. The van der Waals surface area contributed by atoms with Crippen LogP contribution in [-0.4, -0.2) is 11.5 Å². The molecule has 1 N–H and O–H groups in total. The number of rotatable bonds is 5. The number of nitrogens with zero attached hydrogens (tertiary/aromatic N) is 1. The van der Waals surface area contributed by atoms with Gasteiger partial charge in [0.15, 0.2) is 0 Å². The first-order chi connectivity index (χ1) is 9.61. The minimum absolute atomic E-state index is 0.221. The van der Waals surface area contributed by atoms with Gasteiger partial charge in [-0.2, -0.15) is 0 Å². The zero-order chi connectivity index (χ0) is 14.5. The molecule has 0 spiro atoms. The molecule has 1 unspecified atom stereocenters. The van der Waals surface area contributed by atoms with Crippen molar-refractivity contribution in [1.82, 2.24) is 10.3 Å². The predicted octanol–water partition coefficient (Wildman–Crippen LogP) is 4.02. The Hall–Kier alpha value is -1.33. The van der Waals surface area contributed by atoms with Crippen molar-refractivity contribution in [2.24, 2.45) is 0 Å². The van der Waals surface area contributed by atoms with E-state index in [-0.39, 0.29) is 17.7 Å². The Kier molecular flexibility index (Phi) is 5.20. The Balaban J connectivity index is 2.30. The molecule has 0 radical (unpaired) electrons. The van der Waals surface area contributed by atoms with Crippen molar-refractivity contribution in [3.63, 3.8) is 0 Å². The van der Waals surface area contributed by atoms with Gasteiger partial charge in [0.2, 0.25) is 0 Å². The third-order valence-corrected chi connectivity index (χ3v) is 3.84. The second-order valence-corrected chi connectivity index (χ2v) is 5.30. The summed E-state index contributed by atoms with van der Waals surface area (Å²) in [6, 6.07) is 5.95. The van der Waals surface area contributed by atoms with Crippen LogP contribution in [0.4, 0.5) is 8.78 Å². The van der Waals surface area contributed by atoms with E-state index in [0.29, 0.717) is 18.5 Å². The minimum atomic E-state index is -0.356. The van der Waals surface area contributed by atoms with Crippen molar-refractivity contribution in [1.29, 1.82) is 0 Å². The van der Waals surface area contributed by atoms with Crippen LogP contribution in [0.1, 0.15) is 24.1 Å². The molecule has 0 fully saturated rings. The van der Waals surface area contributed by atoms with Crippen molar-refractivity contribution in [2.75, 3.05) is 6.54 Å². The number of benzene rings is 1.